The third-order valence-corrected chi connectivity index (χ3v) is 9.83. The summed E-state index contributed by atoms with van der Waals surface area (Å²) in [5.74, 6) is -0.800. The maximum atomic E-state index is 13.4. The highest BCUT2D eigenvalue weighted by molar-refractivity contribution is 7.89. The molecule has 0 aliphatic carbocycles. The molecule has 1 fully saturated rings. The Morgan fingerprint density at radius 3 is 2.15 bits per heavy atom. The first-order valence-electron chi connectivity index (χ1n) is 14.4. The molecule has 46 heavy (non-hydrogen) atoms. The highest BCUT2D eigenvalue weighted by Crippen LogP contribution is 2.40. The number of nitrogens with zero attached hydrogens (tertiary/aromatic N) is 1. The average molecular weight is 696 g/mol. The van der Waals surface area contributed by atoms with Crippen LogP contribution in [0.1, 0.15) is 24.0 Å². The molecule has 1 saturated heterocycles. The Bertz CT molecular complexity index is 1610. The fraction of sp³-hybridized carbons (Fsp3) is 0.375. The van der Waals surface area contributed by atoms with Gasteiger partial charge >= 0.3 is 5.97 Å². The smallest absolute Gasteiger partial charge is 0.326 e. The molecule has 1 aliphatic rings. The van der Waals surface area contributed by atoms with Gasteiger partial charge in [-0.3, -0.25) is 4.79 Å². The molecule has 2 N–H and O–H groups in total. The monoisotopic (exact) mass is 694 g/mol. The summed E-state index contributed by atoms with van der Waals surface area (Å²) < 4.78 is 49.8. The van der Waals surface area contributed by atoms with Gasteiger partial charge in [0.2, 0.25) is 15.9 Å². The molecule has 4 rings (SSSR count). The predicted molar refractivity (Wildman–Crippen MR) is 173 cm³/mol. The van der Waals surface area contributed by atoms with Gasteiger partial charge in [0, 0.05) is 30.1 Å². The van der Waals surface area contributed by atoms with Crippen LogP contribution in [0.5, 0.6) is 11.5 Å². The molecule has 1 amide bonds. The van der Waals surface area contributed by atoms with E-state index in [-0.39, 0.29) is 34.3 Å². The maximum Gasteiger partial charge on any atom is 0.326 e. The minimum atomic E-state index is -4.12. The quantitative estimate of drug-likeness (QED) is 0.215. The molecular formula is C32H36Cl2N2O9S. The number of carboxylic acid groups (broad SMARTS) is 1. The highest BCUT2D eigenvalue weighted by atomic mass is 35.5. The van der Waals surface area contributed by atoms with E-state index in [9.17, 15) is 23.1 Å². The summed E-state index contributed by atoms with van der Waals surface area (Å²) >= 11 is 12.0. The van der Waals surface area contributed by atoms with Gasteiger partial charge in [0.15, 0.2) is 0 Å². The zero-order valence-electron chi connectivity index (χ0n) is 25.6. The molecule has 2 atom stereocenters. The van der Waals surface area contributed by atoms with E-state index in [1.165, 1.54) is 18.2 Å². The number of halogens is 2. The lowest BCUT2D eigenvalue weighted by Crippen LogP contribution is -2.51. The second kappa shape index (κ2) is 15.9. The number of hydrogen-bond donors (Lipinski definition) is 2. The van der Waals surface area contributed by atoms with E-state index >= 15 is 0 Å². The second-order valence-corrected chi connectivity index (χ2v) is 13.4. The molecule has 0 aromatic heterocycles. The minimum absolute atomic E-state index is 0.0310. The van der Waals surface area contributed by atoms with E-state index in [1.807, 2.05) is 24.3 Å². The van der Waals surface area contributed by atoms with Crippen molar-refractivity contribution in [2.24, 2.45) is 0 Å². The lowest BCUT2D eigenvalue weighted by molar-refractivity contribution is -0.142. The Balaban J connectivity index is 1.49. The molecule has 248 valence electrons. The number of ether oxygens (including phenoxy) is 4. The van der Waals surface area contributed by atoms with Gasteiger partial charge in [0.1, 0.15) is 23.6 Å². The van der Waals surface area contributed by atoms with E-state index < -0.39 is 34.0 Å². The fourth-order valence-electron chi connectivity index (χ4n) is 5.28. The number of carbonyl (C=O) groups is 2. The van der Waals surface area contributed by atoms with Gasteiger partial charge in [-0.15, -0.1) is 0 Å². The standard InChI is InChI=1S/C32H36Cl2N2O9S/c1-42-11-12-45-19-21-14-28(43-2)30(29(15-21)44-3)22-8-6-20(7-9-22)13-26(32(38)39)35-31(37)27-5-4-10-36(27)46(40,41)25-17-23(33)16-24(34)18-25/h6-9,14-18,26-27H,4-5,10-13,19H2,1-3H3,(H,35,37)(H,38,39)/t26-,27-/m0/s1. The number of benzene rings is 3. The van der Waals surface area contributed by atoms with E-state index in [0.717, 1.165) is 15.4 Å². The summed E-state index contributed by atoms with van der Waals surface area (Å²) in [4.78, 5) is 25.4. The molecule has 0 bridgehead atoms. The number of amides is 1. The van der Waals surface area contributed by atoms with Crippen LogP contribution in [0.3, 0.4) is 0 Å². The molecule has 3 aromatic rings. The van der Waals surface area contributed by atoms with Gasteiger partial charge in [-0.05, 0) is 59.9 Å². The third kappa shape index (κ3) is 8.49. The Labute approximate surface area is 278 Å². The average Bonchev–Trinajstić information content (AvgIpc) is 3.54. The number of nitrogens with one attached hydrogen (secondary N) is 1. The van der Waals surface area contributed by atoms with Crippen molar-refractivity contribution in [3.8, 4) is 22.6 Å². The van der Waals surface area contributed by atoms with E-state index in [4.69, 9.17) is 42.1 Å². The number of hydrogen-bond acceptors (Lipinski definition) is 8. The van der Waals surface area contributed by atoms with Crippen molar-refractivity contribution in [1.29, 1.82) is 0 Å². The SMILES string of the molecule is COCCOCc1cc(OC)c(-c2ccc(C[C@H](NC(=O)[C@@H]3CCCN3S(=O)(=O)c3cc(Cl)cc(Cl)c3)C(=O)O)cc2)c(OC)c1. The summed E-state index contributed by atoms with van der Waals surface area (Å²) in [5.41, 5.74) is 2.98. The number of carbonyl (C=O) groups excluding carboxylic acids is 1. The van der Waals surface area contributed by atoms with Gasteiger partial charge < -0.3 is 29.4 Å². The summed E-state index contributed by atoms with van der Waals surface area (Å²) in [6.07, 6.45) is 0.637. The molecule has 11 nitrogen and oxygen atoms in total. The van der Waals surface area contributed by atoms with Crippen molar-refractivity contribution >= 4 is 45.1 Å². The van der Waals surface area contributed by atoms with Crippen LogP contribution in [0.15, 0.2) is 59.5 Å². The molecule has 1 aliphatic heterocycles. The summed E-state index contributed by atoms with van der Waals surface area (Å²) in [7, 11) is 0.600. The number of sulfonamides is 1. The molecule has 0 unspecified atom stereocenters. The summed E-state index contributed by atoms with van der Waals surface area (Å²) in [6.45, 7) is 1.36. The third-order valence-electron chi connectivity index (χ3n) is 7.51. The van der Waals surface area contributed by atoms with Crippen LogP contribution in [0.25, 0.3) is 11.1 Å². The topological polar surface area (TPSA) is 141 Å². The van der Waals surface area contributed by atoms with Crippen LogP contribution >= 0.6 is 23.2 Å². The predicted octanol–water partition coefficient (Wildman–Crippen LogP) is 4.81. The lowest BCUT2D eigenvalue weighted by atomic mass is 9.98. The van der Waals surface area contributed by atoms with Gasteiger partial charge in [-0.25, -0.2) is 13.2 Å². The first kappa shape index (κ1) is 35.5. The number of carboxylic acids is 1. The zero-order valence-corrected chi connectivity index (χ0v) is 28.0. The number of rotatable bonds is 15. The van der Waals surface area contributed by atoms with Gasteiger partial charge in [0.05, 0.1) is 44.5 Å². The van der Waals surface area contributed by atoms with Crippen molar-refractivity contribution < 1.29 is 42.1 Å². The Morgan fingerprint density at radius 2 is 1.59 bits per heavy atom. The second-order valence-electron chi connectivity index (χ2n) is 10.6. The van der Waals surface area contributed by atoms with Crippen LogP contribution in [0.4, 0.5) is 0 Å². The summed E-state index contributed by atoms with van der Waals surface area (Å²) in [5, 5.41) is 12.8. The normalized spacial score (nSPS) is 15.8. The van der Waals surface area contributed by atoms with Gasteiger partial charge in [-0.1, -0.05) is 47.5 Å². The molecule has 0 saturated carbocycles. The molecular weight excluding hydrogens is 659 g/mol. The fourth-order valence-corrected chi connectivity index (χ4v) is 7.66. The molecule has 14 heteroatoms. The van der Waals surface area contributed by atoms with Crippen molar-refractivity contribution in [2.75, 3.05) is 41.1 Å². The summed E-state index contributed by atoms with van der Waals surface area (Å²) in [6, 6.07) is 12.4. The van der Waals surface area contributed by atoms with Crippen molar-refractivity contribution in [1.82, 2.24) is 9.62 Å². The molecule has 0 spiro atoms. The van der Waals surface area contributed by atoms with E-state index in [2.05, 4.69) is 5.32 Å². The Kier molecular flexibility index (Phi) is 12.3. The molecule has 0 radical (unpaired) electrons. The lowest BCUT2D eigenvalue weighted by Gasteiger charge is -2.25. The Morgan fingerprint density at radius 1 is 0.957 bits per heavy atom. The maximum absolute atomic E-state index is 13.4. The van der Waals surface area contributed by atoms with Gasteiger partial charge in [0.25, 0.3) is 0 Å². The van der Waals surface area contributed by atoms with Crippen LogP contribution < -0.4 is 14.8 Å². The van der Waals surface area contributed by atoms with Gasteiger partial charge in [-0.2, -0.15) is 4.31 Å². The highest BCUT2D eigenvalue weighted by Gasteiger charge is 2.40. The Hall–Kier alpha value is -3.39. The molecule has 3 aromatic carbocycles. The van der Waals surface area contributed by atoms with Crippen LogP contribution in [0, 0.1) is 0 Å². The number of methoxy groups -OCH3 is 3. The van der Waals surface area contributed by atoms with E-state index in [1.54, 1.807) is 33.5 Å². The van der Waals surface area contributed by atoms with Crippen molar-refractivity contribution in [3.63, 3.8) is 0 Å². The van der Waals surface area contributed by atoms with Crippen molar-refractivity contribution in [2.45, 2.75) is 42.8 Å². The van der Waals surface area contributed by atoms with Crippen LogP contribution in [0.2, 0.25) is 10.0 Å². The first-order chi connectivity index (χ1) is 22.0. The molecule has 1 heterocycles. The van der Waals surface area contributed by atoms with Crippen LogP contribution in [-0.2, 0) is 42.1 Å². The van der Waals surface area contributed by atoms with E-state index in [0.29, 0.717) is 48.9 Å². The zero-order chi connectivity index (χ0) is 33.4. The van der Waals surface area contributed by atoms with Crippen LogP contribution in [-0.4, -0.2) is 82.9 Å². The number of aliphatic carboxylic acids is 1. The van der Waals surface area contributed by atoms with Crippen molar-refractivity contribution in [3.05, 3.63) is 75.8 Å². The minimum Gasteiger partial charge on any atom is -0.496 e. The first-order valence-corrected chi connectivity index (χ1v) is 16.6. The largest absolute Gasteiger partial charge is 0.496 e.